The van der Waals surface area contributed by atoms with E-state index >= 15 is 0 Å². The van der Waals surface area contributed by atoms with Crippen molar-refractivity contribution in [2.45, 2.75) is 18.4 Å². The van der Waals surface area contributed by atoms with Crippen molar-refractivity contribution in [3.05, 3.63) is 24.2 Å². The van der Waals surface area contributed by atoms with Crippen LogP contribution in [0.4, 0.5) is 8.78 Å². The maximum absolute atomic E-state index is 12.9. The molecule has 0 aliphatic carbocycles. The third kappa shape index (κ3) is 3.77. The molecule has 0 spiro atoms. The zero-order chi connectivity index (χ0) is 14.6. The predicted octanol–water partition coefficient (Wildman–Crippen LogP) is 0.123. The van der Waals surface area contributed by atoms with Crippen LogP contribution in [0.1, 0.15) is 17.0 Å². The largest absolute Gasteiger partial charge is 0.459 e. The molecule has 8 heteroatoms. The Balaban J connectivity index is 1.64. The summed E-state index contributed by atoms with van der Waals surface area (Å²) in [5.74, 6) is -3.55. The third-order valence-electron chi connectivity index (χ3n) is 2.88. The van der Waals surface area contributed by atoms with Gasteiger partial charge in [-0.1, -0.05) is 0 Å². The molecule has 2 rings (SSSR count). The second-order valence-electron chi connectivity index (χ2n) is 4.52. The highest BCUT2D eigenvalue weighted by atomic mass is 19.3. The molecule has 2 heterocycles. The van der Waals surface area contributed by atoms with Crippen LogP contribution in [0.2, 0.25) is 0 Å². The van der Waals surface area contributed by atoms with E-state index in [2.05, 4.69) is 16.0 Å². The summed E-state index contributed by atoms with van der Waals surface area (Å²) in [5, 5.41) is 7.47. The van der Waals surface area contributed by atoms with E-state index in [1.165, 1.54) is 12.3 Å². The van der Waals surface area contributed by atoms with E-state index in [4.69, 9.17) is 4.42 Å². The molecular weight excluding hydrogens is 272 g/mol. The van der Waals surface area contributed by atoms with E-state index in [0.29, 0.717) is 0 Å². The molecule has 6 nitrogen and oxygen atoms in total. The molecule has 1 atom stereocenters. The Bertz CT molecular complexity index is 476. The summed E-state index contributed by atoms with van der Waals surface area (Å²) in [5.41, 5.74) is 0. The summed E-state index contributed by atoms with van der Waals surface area (Å²) in [6.45, 7) is -0.135. The Morgan fingerprint density at radius 2 is 2.15 bits per heavy atom. The second kappa shape index (κ2) is 6.00. The van der Waals surface area contributed by atoms with Gasteiger partial charge in [-0.05, 0) is 12.1 Å². The van der Waals surface area contributed by atoms with Gasteiger partial charge < -0.3 is 15.1 Å². The Morgan fingerprint density at radius 3 is 2.75 bits per heavy atom. The molecule has 0 bridgehead atoms. The normalized spacial score (nSPS) is 20.6. The summed E-state index contributed by atoms with van der Waals surface area (Å²) in [4.78, 5) is 23.0. The highest BCUT2D eigenvalue weighted by molar-refractivity contribution is 5.91. The summed E-state index contributed by atoms with van der Waals surface area (Å²) in [6, 6.07) is 2.21. The molecule has 1 fully saturated rings. The average molecular weight is 287 g/mol. The number of halogens is 2. The zero-order valence-corrected chi connectivity index (χ0v) is 10.6. The van der Waals surface area contributed by atoms with Crippen LogP contribution in [0.25, 0.3) is 0 Å². The molecule has 110 valence electrons. The van der Waals surface area contributed by atoms with Gasteiger partial charge >= 0.3 is 0 Å². The number of amides is 2. The van der Waals surface area contributed by atoms with Crippen molar-refractivity contribution in [2.24, 2.45) is 0 Å². The Hall–Kier alpha value is -1.96. The Labute approximate surface area is 113 Å². The number of alkyl halides is 2. The van der Waals surface area contributed by atoms with E-state index in [1.807, 2.05) is 0 Å². The predicted molar refractivity (Wildman–Crippen MR) is 65.4 cm³/mol. The first-order chi connectivity index (χ1) is 9.48. The van der Waals surface area contributed by atoms with E-state index in [1.54, 1.807) is 6.07 Å². The van der Waals surface area contributed by atoms with E-state index < -0.39 is 36.7 Å². The molecule has 1 aliphatic heterocycles. The van der Waals surface area contributed by atoms with Gasteiger partial charge in [0, 0.05) is 19.5 Å². The third-order valence-corrected chi connectivity index (χ3v) is 2.88. The molecule has 1 unspecified atom stereocenters. The lowest BCUT2D eigenvalue weighted by Gasteiger charge is -2.11. The van der Waals surface area contributed by atoms with Gasteiger partial charge in [0.15, 0.2) is 5.76 Å². The lowest BCUT2D eigenvalue weighted by atomic mass is 10.2. The highest BCUT2D eigenvalue weighted by Gasteiger charge is 2.42. The first kappa shape index (κ1) is 14.4. The number of nitrogens with one attached hydrogen (secondary N) is 3. The molecule has 0 saturated carbocycles. The molecule has 2 amide bonds. The van der Waals surface area contributed by atoms with E-state index in [0.717, 1.165) is 0 Å². The quantitative estimate of drug-likeness (QED) is 0.672. The standard InChI is InChI=1S/C12H15F2N3O3/c13-12(14)6-8(17-7-12)10(18)15-3-4-16-11(19)9-2-1-5-20-9/h1-2,5,8,17H,3-4,6-7H2,(H,15,18)(H,16,19). The Morgan fingerprint density at radius 1 is 1.40 bits per heavy atom. The number of hydrogen-bond acceptors (Lipinski definition) is 4. The zero-order valence-electron chi connectivity index (χ0n) is 10.6. The van der Waals surface area contributed by atoms with Crippen LogP contribution in [0, 0.1) is 0 Å². The van der Waals surface area contributed by atoms with Gasteiger partial charge in [0.2, 0.25) is 5.91 Å². The number of hydrogen-bond donors (Lipinski definition) is 3. The first-order valence-corrected chi connectivity index (χ1v) is 6.18. The fourth-order valence-electron chi connectivity index (χ4n) is 1.88. The minimum absolute atomic E-state index is 0.162. The summed E-state index contributed by atoms with van der Waals surface area (Å²) in [6.07, 6.45) is 0.875. The topological polar surface area (TPSA) is 83.4 Å². The molecule has 1 aliphatic rings. The van der Waals surface area contributed by atoms with Crippen LogP contribution in [-0.2, 0) is 4.79 Å². The number of carbonyl (C=O) groups is 2. The van der Waals surface area contributed by atoms with Crippen molar-refractivity contribution in [3.63, 3.8) is 0 Å². The van der Waals surface area contributed by atoms with Gasteiger partial charge in [-0.15, -0.1) is 0 Å². The smallest absolute Gasteiger partial charge is 0.287 e. The molecule has 0 aromatic carbocycles. The van der Waals surface area contributed by atoms with Crippen molar-refractivity contribution in [1.82, 2.24) is 16.0 Å². The van der Waals surface area contributed by atoms with Crippen molar-refractivity contribution in [3.8, 4) is 0 Å². The fourth-order valence-corrected chi connectivity index (χ4v) is 1.88. The van der Waals surface area contributed by atoms with Crippen molar-refractivity contribution in [2.75, 3.05) is 19.6 Å². The maximum Gasteiger partial charge on any atom is 0.287 e. The summed E-state index contributed by atoms with van der Waals surface area (Å²) < 4.78 is 30.7. The molecule has 0 radical (unpaired) electrons. The van der Waals surface area contributed by atoms with Crippen molar-refractivity contribution < 1.29 is 22.8 Å². The molecular formula is C12H15F2N3O3. The van der Waals surface area contributed by atoms with Crippen LogP contribution in [0.5, 0.6) is 0 Å². The van der Waals surface area contributed by atoms with E-state index in [-0.39, 0.29) is 18.8 Å². The van der Waals surface area contributed by atoms with Gasteiger partial charge in [0.25, 0.3) is 11.8 Å². The molecule has 1 aromatic rings. The van der Waals surface area contributed by atoms with Crippen LogP contribution >= 0.6 is 0 Å². The Kier molecular flexibility index (Phi) is 4.33. The highest BCUT2D eigenvalue weighted by Crippen LogP contribution is 2.24. The van der Waals surface area contributed by atoms with Crippen molar-refractivity contribution in [1.29, 1.82) is 0 Å². The number of furan rings is 1. The monoisotopic (exact) mass is 287 g/mol. The van der Waals surface area contributed by atoms with Gasteiger partial charge in [-0.3, -0.25) is 14.9 Å². The van der Waals surface area contributed by atoms with Crippen molar-refractivity contribution >= 4 is 11.8 Å². The fraction of sp³-hybridized carbons (Fsp3) is 0.500. The molecule has 20 heavy (non-hydrogen) atoms. The lowest BCUT2D eigenvalue weighted by molar-refractivity contribution is -0.123. The first-order valence-electron chi connectivity index (χ1n) is 6.18. The van der Waals surface area contributed by atoms with Gasteiger partial charge in [-0.25, -0.2) is 8.78 Å². The minimum atomic E-state index is -2.84. The van der Waals surface area contributed by atoms with E-state index in [9.17, 15) is 18.4 Å². The molecule has 1 aromatic heterocycles. The van der Waals surface area contributed by atoms with Gasteiger partial charge in [0.1, 0.15) is 0 Å². The number of rotatable bonds is 5. The summed E-state index contributed by atoms with van der Waals surface area (Å²) >= 11 is 0. The van der Waals surface area contributed by atoms with Crippen LogP contribution < -0.4 is 16.0 Å². The molecule has 1 saturated heterocycles. The van der Waals surface area contributed by atoms with Gasteiger partial charge in [-0.2, -0.15) is 0 Å². The minimum Gasteiger partial charge on any atom is -0.459 e. The van der Waals surface area contributed by atoms with Gasteiger partial charge in [0.05, 0.1) is 18.8 Å². The van der Waals surface area contributed by atoms with Crippen LogP contribution in [0.15, 0.2) is 22.8 Å². The van der Waals surface area contributed by atoms with Crippen LogP contribution in [-0.4, -0.2) is 43.4 Å². The number of carbonyl (C=O) groups excluding carboxylic acids is 2. The maximum atomic E-state index is 12.9. The van der Waals surface area contributed by atoms with Crippen LogP contribution in [0.3, 0.4) is 0 Å². The SMILES string of the molecule is O=C(NCCNC(=O)C1CC(F)(F)CN1)c1ccco1. The lowest BCUT2D eigenvalue weighted by Crippen LogP contribution is -2.43. The second-order valence-corrected chi connectivity index (χ2v) is 4.52. The average Bonchev–Trinajstić information content (AvgIpc) is 3.03. The summed E-state index contributed by atoms with van der Waals surface area (Å²) in [7, 11) is 0. The molecule has 3 N–H and O–H groups in total.